The minimum absolute atomic E-state index is 0.0700. The second-order valence-corrected chi connectivity index (χ2v) is 6.50. The van der Waals surface area contributed by atoms with Crippen molar-refractivity contribution in [3.8, 4) is 0 Å². The molecule has 3 rings (SSSR count). The summed E-state index contributed by atoms with van der Waals surface area (Å²) in [4.78, 5) is 12.2. The molecule has 4 heteroatoms. The number of nitrogens with one attached hydrogen (secondary N) is 1. The van der Waals surface area contributed by atoms with Gasteiger partial charge >= 0.3 is 0 Å². The highest BCUT2D eigenvalue weighted by atomic mass is 79.9. The molecule has 1 aliphatic rings. The number of aryl methyl sites for hydroxylation is 1. The maximum Gasteiger partial charge on any atom is 0.256 e. The molecule has 1 N–H and O–H groups in total. The molecule has 0 aromatic heterocycles. The third kappa shape index (κ3) is 2.45. The molecule has 0 saturated carbocycles. The molecule has 0 unspecified atom stereocenters. The number of anilines is 1. The number of benzene rings is 2. The summed E-state index contributed by atoms with van der Waals surface area (Å²) in [6, 6.07) is 12.0. The van der Waals surface area contributed by atoms with E-state index in [9.17, 15) is 4.79 Å². The van der Waals surface area contributed by atoms with Gasteiger partial charge in [0, 0.05) is 20.1 Å². The molecule has 0 radical (unpaired) electrons. The zero-order valence-electron chi connectivity index (χ0n) is 10.7. The summed E-state index contributed by atoms with van der Waals surface area (Å²) in [6.45, 7) is 2.04. The molecule has 2 aromatic carbocycles. The van der Waals surface area contributed by atoms with E-state index in [4.69, 9.17) is 0 Å². The van der Waals surface area contributed by atoms with Crippen molar-refractivity contribution in [2.24, 2.45) is 0 Å². The van der Waals surface area contributed by atoms with Crippen LogP contribution in [0.1, 0.15) is 16.7 Å². The number of carbonyl (C=O) groups is 1. The fraction of sp³-hybridized carbons (Fsp3) is 0.0625. The van der Waals surface area contributed by atoms with Crippen LogP contribution in [0.3, 0.4) is 0 Å². The number of halogens is 2. The van der Waals surface area contributed by atoms with Crippen LogP contribution >= 0.6 is 31.9 Å². The molecule has 1 aliphatic heterocycles. The van der Waals surface area contributed by atoms with Crippen LogP contribution in [0.2, 0.25) is 0 Å². The molecule has 2 nitrogen and oxygen atoms in total. The van der Waals surface area contributed by atoms with Gasteiger partial charge in [0.05, 0.1) is 5.69 Å². The quantitative estimate of drug-likeness (QED) is 0.678. The van der Waals surface area contributed by atoms with Crippen LogP contribution in [0.25, 0.3) is 11.6 Å². The first-order valence-corrected chi connectivity index (χ1v) is 7.72. The Balaban J connectivity index is 2.12. The van der Waals surface area contributed by atoms with Gasteiger partial charge in [0.2, 0.25) is 0 Å². The lowest BCUT2D eigenvalue weighted by atomic mass is 10.0. The number of amides is 1. The Morgan fingerprint density at radius 2 is 1.80 bits per heavy atom. The van der Waals surface area contributed by atoms with Crippen molar-refractivity contribution in [2.45, 2.75) is 6.92 Å². The molecule has 100 valence electrons. The molecule has 0 atom stereocenters. The molecule has 0 fully saturated rings. The molecular formula is C16H11Br2NO. The van der Waals surface area contributed by atoms with Gasteiger partial charge in [-0.15, -0.1) is 0 Å². The minimum atomic E-state index is -0.0700. The molecule has 0 aliphatic carbocycles. The smallest absolute Gasteiger partial charge is 0.256 e. The number of carbonyl (C=O) groups excluding carboxylic acids is 1. The predicted octanol–water partition coefficient (Wildman–Crippen LogP) is 5.01. The second kappa shape index (κ2) is 5.19. The molecule has 2 aromatic rings. The van der Waals surface area contributed by atoms with Crippen molar-refractivity contribution in [3.63, 3.8) is 0 Å². The van der Waals surface area contributed by atoms with Gasteiger partial charge in [0.1, 0.15) is 0 Å². The molecule has 0 spiro atoms. The van der Waals surface area contributed by atoms with E-state index in [1.165, 1.54) is 5.56 Å². The Bertz CT molecular complexity index is 733. The zero-order chi connectivity index (χ0) is 14.3. The van der Waals surface area contributed by atoms with Crippen LogP contribution in [0, 0.1) is 6.92 Å². The van der Waals surface area contributed by atoms with E-state index in [0.29, 0.717) is 5.57 Å². The van der Waals surface area contributed by atoms with Gasteiger partial charge in [0.15, 0.2) is 0 Å². The summed E-state index contributed by atoms with van der Waals surface area (Å²) in [7, 11) is 0. The molecule has 0 bridgehead atoms. The van der Waals surface area contributed by atoms with Gasteiger partial charge in [-0.1, -0.05) is 45.8 Å². The van der Waals surface area contributed by atoms with E-state index >= 15 is 0 Å². The van der Waals surface area contributed by atoms with E-state index in [1.807, 2.05) is 49.4 Å². The third-order valence-electron chi connectivity index (χ3n) is 3.22. The van der Waals surface area contributed by atoms with Gasteiger partial charge in [-0.25, -0.2) is 0 Å². The lowest BCUT2D eigenvalue weighted by Crippen LogP contribution is -2.03. The highest BCUT2D eigenvalue weighted by Gasteiger charge is 2.26. The largest absolute Gasteiger partial charge is 0.320 e. The van der Waals surface area contributed by atoms with E-state index in [0.717, 1.165) is 25.8 Å². The summed E-state index contributed by atoms with van der Waals surface area (Å²) in [5, 5.41) is 2.90. The van der Waals surface area contributed by atoms with Gasteiger partial charge < -0.3 is 5.32 Å². The highest BCUT2D eigenvalue weighted by molar-refractivity contribution is 9.11. The maximum atomic E-state index is 12.2. The Labute approximate surface area is 134 Å². The Hall–Kier alpha value is -1.39. The van der Waals surface area contributed by atoms with Crippen molar-refractivity contribution >= 4 is 55.1 Å². The van der Waals surface area contributed by atoms with E-state index < -0.39 is 0 Å². The summed E-state index contributed by atoms with van der Waals surface area (Å²) >= 11 is 6.94. The van der Waals surface area contributed by atoms with Crippen LogP contribution < -0.4 is 5.32 Å². The highest BCUT2D eigenvalue weighted by Crippen LogP contribution is 2.40. The Morgan fingerprint density at radius 3 is 2.50 bits per heavy atom. The van der Waals surface area contributed by atoms with Crippen LogP contribution in [-0.4, -0.2) is 5.91 Å². The minimum Gasteiger partial charge on any atom is -0.320 e. The number of hydrogen-bond acceptors (Lipinski definition) is 1. The van der Waals surface area contributed by atoms with Crippen LogP contribution in [0.15, 0.2) is 45.3 Å². The van der Waals surface area contributed by atoms with Crippen molar-refractivity contribution in [2.75, 3.05) is 5.32 Å². The molecule has 1 amide bonds. The average molecular weight is 393 g/mol. The first kappa shape index (κ1) is 13.6. The molecule has 20 heavy (non-hydrogen) atoms. The average Bonchev–Trinajstić information content (AvgIpc) is 2.70. The van der Waals surface area contributed by atoms with Gasteiger partial charge in [0.25, 0.3) is 5.91 Å². The van der Waals surface area contributed by atoms with Crippen LogP contribution in [0.4, 0.5) is 5.69 Å². The lowest BCUT2D eigenvalue weighted by molar-refractivity contribution is -0.110. The summed E-state index contributed by atoms with van der Waals surface area (Å²) < 4.78 is 1.82. The maximum absolute atomic E-state index is 12.2. The SMILES string of the molecule is Cc1ccc(C=C2C(=O)Nc3c(Br)cc(Br)cc32)cc1. The normalized spacial score (nSPS) is 15.3. The van der Waals surface area contributed by atoms with Gasteiger partial charge in [-0.05, 0) is 46.6 Å². The van der Waals surface area contributed by atoms with E-state index in [1.54, 1.807) is 0 Å². The second-order valence-electron chi connectivity index (χ2n) is 4.73. The topological polar surface area (TPSA) is 29.1 Å². The third-order valence-corrected chi connectivity index (χ3v) is 4.30. The first-order chi connectivity index (χ1) is 9.54. The predicted molar refractivity (Wildman–Crippen MR) is 89.5 cm³/mol. The van der Waals surface area contributed by atoms with E-state index in [2.05, 4.69) is 37.2 Å². The molecule has 1 heterocycles. The first-order valence-electron chi connectivity index (χ1n) is 6.14. The fourth-order valence-electron chi connectivity index (χ4n) is 2.19. The molecule has 0 saturated heterocycles. The van der Waals surface area contributed by atoms with Crippen molar-refractivity contribution in [1.29, 1.82) is 0 Å². The van der Waals surface area contributed by atoms with Crippen molar-refractivity contribution in [3.05, 3.63) is 62.0 Å². The van der Waals surface area contributed by atoms with Crippen LogP contribution in [-0.2, 0) is 4.79 Å². The van der Waals surface area contributed by atoms with Crippen LogP contribution in [0.5, 0.6) is 0 Å². The Kier molecular flexibility index (Phi) is 3.52. The van der Waals surface area contributed by atoms with E-state index in [-0.39, 0.29) is 5.91 Å². The number of rotatable bonds is 1. The standard InChI is InChI=1S/C16H11Br2NO/c1-9-2-4-10(5-3-9)6-13-12-7-11(17)8-14(18)15(12)19-16(13)20/h2-8H,1H3,(H,19,20). The number of fused-ring (bicyclic) bond motifs is 1. The van der Waals surface area contributed by atoms with Gasteiger partial charge in [-0.2, -0.15) is 0 Å². The Morgan fingerprint density at radius 1 is 1.10 bits per heavy atom. The fourth-order valence-corrected chi connectivity index (χ4v) is 3.51. The van der Waals surface area contributed by atoms with Crippen molar-refractivity contribution in [1.82, 2.24) is 0 Å². The molecular weight excluding hydrogens is 382 g/mol. The summed E-state index contributed by atoms with van der Waals surface area (Å²) in [5.41, 5.74) is 4.65. The number of hydrogen-bond donors (Lipinski definition) is 1. The van der Waals surface area contributed by atoms with Gasteiger partial charge in [-0.3, -0.25) is 4.79 Å². The lowest BCUT2D eigenvalue weighted by Gasteiger charge is -2.03. The zero-order valence-corrected chi connectivity index (χ0v) is 13.9. The monoisotopic (exact) mass is 391 g/mol. The summed E-state index contributed by atoms with van der Waals surface area (Å²) in [6.07, 6.45) is 1.92. The summed E-state index contributed by atoms with van der Waals surface area (Å²) in [5.74, 6) is -0.0700. The van der Waals surface area contributed by atoms with Crippen molar-refractivity contribution < 1.29 is 4.79 Å².